The molecule has 1 rings (SSSR count). The van der Waals surface area contributed by atoms with Crippen LogP contribution in [0.1, 0.15) is 36.5 Å². The van der Waals surface area contributed by atoms with Crippen molar-refractivity contribution >= 4 is 29.1 Å². The van der Waals surface area contributed by atoms with E-state index in [2.05, 4.69) is 12.2 Å². The van der Waals surface area contributed by atoms with Gasteiger partial charge in [0.05, 0.1) is 10.7 Å². The zero-order valence-corrected chi connectivity index (χ0v) is 12.2. The van der Waals surface area contributed by atoms with Crippen LogP contribution in [-0.4, -0.2) is 18.4 Å². The highest BCUT2D eigenvalue weighted by Gasteiger charge is 2.10. The van der Waals surface area contributed by atoms with Gasteiger partial charge in [0.25, 0.3) is 0 Å². The molecule has 5 nitrogen and oxygen atoms in total. The van der Waals surface area contributed by atoms with Gasteiger partial charge in [0.2, 0.25) is 11.8 Å². The minimum atomic E-state index is -0.561. The average molecular weight is 298 g/mol. The van der Waals surface area contributed by atoms with Crippen molar-refractivity contribution in [3.05, 3.63) is 28.8 Å². The van der Waals surface area contributed by atoms with E-state index in [0.29, 0.717) is 35.2 Å². The van der Waals surface area contributed by atoms with E-state index in [1.807, 2.05) is 0 Å². The van der Waals surface area contributed by atoms with E-state index in [9.17, 15) is 9.59 Å². The highest BCUT2D eigenvalue weighted by Crippen LogP contribution is 2.23. The van der Waals surface area contributed by atoms with Crippen molar-refractivity contribution in [3.63, 3.8) is 0 Å². The Labute approximate surface area is 123 Å². The number of amides is 2. The summed E-state index contributed by atoms with van der Waals surface area (Å²) in [6.45, 7) is 2.68. The smallest absolute Gasteiger partial charge is 0.248 e. The molecule has 0 bridgehead atoms. The number of carbonyl (C=O) groups is 2. The number of nitrogens with one attached hydrogen (secondary N) is 1. The molecule has 0 aliphatic rings. The Hall–Kier alpha value is -1.59. The van der Waals surface area contributed by atoms with Crippen molar-refractivity contribution < 1.29 is 9.59 Å². The van der Waals surface area contributed by atoms with E-state index in [-0.39, 0.29) is 5.91 Å². The Kier molecular flexibility index (Phi) is 6.48. The Morgan fingerprint density at radius 2 is 2.05 bits per heavy atom. The van der Waals surface area contributed by atoms with Gasteiger partial charge in [-0.1, -0.05) is 18.5 Å². The van der Waals surface area contributed by atoms with Crippen LogP contribution >= 0.6 is 11.6 Å². The second kappa shape index (κ2) is 7.87. The number of rotatable bonds is 7. The monoisotopic (exact) mass is 297 g/mol. The SMILES string of the molecule is CC(CCN)CCC(=O)Nc1cc(C(N)=O)ccc1Cl. The predicted molar refractivity (Wildman–Crippen MR) is 80.7 cm³/mol. The summed E-state index contributed by atoms with van der Waals surface area (Å²) in [7, 11) is 0. The Morgan fingerprint density at radius 1 is 1.35 bits per heavy atom. The highest BCUT2D eigenvalue weighted by molar-refractivity contribution is 6.33. The number of carbonyl (C=O) groups excluding carboxylic acids is 2. The fourth-order valence-electron chi connectivity index (χ4n) is 1.79. The van der Waals surface area contributed by atoms with Crippen LogP contribution in [0.3, 0.4) is 0 Å². The van der Waals surface area contributed by atoms with Crippen LogP contribution in [0.5, 0.6) is 0 Å². The molecule has 5 N–H and O–H groups in total. The van der Waals surface area contributed by atoms with Crippen molar-refractivity contribution in [2.75, 3.05) is 11.9 Å². The second-order valence-corrected chi connectivity index (χ2v) is 5.24. The van der Waals surface area contributed by atoms with Gasteiger partial charge in [-0.3, -0.25) is 9.59 Å². The van der Waals surface area contributed by atoms with Gasteiger partial charge in [-0.25, -0.2) is 0 Å². The van der Waals surface area contributed by atoms with Crippen molar-refractivity contribution in [1.82, 2.24) is 0 Å². The highest BCUT2D eigenvalue weighted by atomic mass is 35.5. The lowest BCUT2D eigenvalue weighted by molar-refractivity contribution is -0.116. The first-order valence-corrected chi connectivity index (χ1v) is 6.91. The zero-order valence-electron chi connectivity index (χ0n) is 11.5. The molecular weight excluding hydrogens is 278 g/mol. The lowest BCUT2D eigenvalue weighted by Crippen LogP contribution is -2.16. The molecule has 0 aliphatic carbocycles. The number of hydrogen-bond donors (Lipinski definition) is 3. The Bertz CT molecular complexity index is 491. The zero-order chi connectivity index (χ0) is 15.1. The van der Waals surface area contributed by atoms with Gasteiger partial charge in [-0.2, -0.15) is 0 Å². The van der Waals surface area contributed by atoms with Crippen molar-refractivity contribution in [3.8, 4) is 0 Å². The van der Waals surface area contributed by atoms with E-state index in [0.717, 1.165) is 12.8 Å². The Balaban J connectivity index is 2.61. The molecule has 20 heavy (non-hydrogen) atoms. The van der Waals surface area contributed by atoms with E-state index in [1.165, 1.54) is 18.2 Å². The normalized spacial score (nSPS) is 11.9. The molecule has 0 radical (unpaired) electrons. The molecule has 6 heteroatoms. The minimum Gasteiger partial charge on any atom is -0.366 e. The molecule has 0 spiro atoms. The third kappa shape index (κ3) is 5.19. The van der Waals surface area contributed by atoms with Crippen molar-refractivity contribution in [2.45, 2.75) is 26.2 Å². The number of halogens is 1. The van der Waals surface area contributed by atoms with Gasteiger partial charge in [0.1, 0.15) is 0 Å². The van der Waals surface area contributed by atoms with Gasteiger partial charge in [-0.15, -0.1) is 0 Å². The molecule has 1 aromatic rings. The van der Waals surface area contributed by atoms with E-state index >= 15 is 0 Å². The minimum absolute atomic E-state index is 0.141. The average Bonchev–Trinajstić information content (AvgIpc) is 2.39. The molecule has 1 atom stereocenters. The molecule has 0 saturated carbocycles. The first-order valence-electron chi connectivity index (χ1n) is 6.53. The number of primary amides is 1. The van der Waals surface area contributed by atoms with Gasteiger partial charge in [-0.05, 0) is 43.5 Å². The summed E-state index contributed by atoms with van der Waals surface area (Å²) in [4.78, 5) is 22.9. The maximum atomic E-state index is 11.8. The van der Waals surface area contributed by atoms with Gasteiger partial charge in [0, 0.05) is 12.0 Å². The van der Waals surface area contributed by atoms with Crippen LogP contribution in [-0.2, 0) is 4.79 Å². The lowest BCUT2D eigenvalue weighted by Gasteiger charge is -2.11. The van der Waals surface area contributed by atoms with Crippen molar-refractivity contribution in [1.29, 1.82) is 0 Å². The maximum absolute atomic E-state index is 11.8. The third-order valence-electron chi connectivity index (χ3n) is 3.05. The number of benzene rings is 1. The first-order chi connectivity index (χ1) is 9.43. The van der Waals surface area contributed by atoms with E-state index in [4.69, 9.17) is 23.1 Å². The van der Waals surface area contributed by atoms with Gasteiger partial charge in [0.15, 0.2) is 0 Å². The second-order valence-electron chi connectivity index (χ2n) is 4.83. The molecule has 0 heterocycles. The summed E-state index contributed by atoms with van der Waals surface area (Å²) in [5.74, 6) is -0.302. The molecular formula is C14H20ClN3O2. The third-order valence-corrected chi connectivity index (χ3v) is 3.38. The summed E-state index contributed by atoms with van der Waals surface area (Å²) >= 11 is 5.97. The topological polar surface area (TPSA) is 98.2 Å². The molecule has 0 saturated heterocycles. The molecule has 0 aromatic heterocycles. The maximum Gasteiger partial charge on any atom is 0.248 e. The van der Waals surface area contributed by atoms with E-state index < -0.39 is 5.91 Å². The standard InChI is InChI=1S/C14H20ClN3O2/c1-9(6-7-16)2-5-13(19)18-12-8-10(14(17)20)3-4-11(12)15/h3-4,8-9H,2,5-7,16H2,1H3,(H2,17,20)(H,18,19). The van der Waals surface area contributed by atoms with Gasteiger partial charge < -0.3 is 16.8 Å². The number of nitrogens with two attached hydrogens (primary N) is 2. The summed E-state index contributed by atoms with van der Waals surface area (Å²) < 4.78 is 0. The fraction of sp³-hybridized carbons (Fsp3) is 0.429. The van der Waals surface area contributed by atoms with E-state index in [1.54, 1.807) is 0 Å². The summed E-state index contributed by atoms with van der Waals surface area (Å²) in [5, 5.41) is 3.07. The van der Waals surface area contributed by atoms with Crippen LogP contribution in [0.25, 0.3) is 0 Å². The van der Waals surface area contributed by atoms with Crippen LogP contribution in [0.4, 0.5) is 5.69 Å². The predicted octanol–water partition coefficient (Wildman–Crippen LogP) is 2.14. The quantitative estimate of drug-likeness (QED) is 0.719. The summed E-state index contributed by atoms with van der Waals surface area (Å²) in [6, 6.07) is 4.53. The number of hydrogen-bond acceptors (Lipinski definition) is 3. The molecule has 0 aliphatic heterocycles. The molecule has 110 valence electrons. The largest absolute Gasteiger partial charge is 0.366 e. The fourth-order valence-corrected chi connectivity index (χ4v) is 1.96. The molecule has 1 unspecified atom stereocenters. The summed E-state index contributed by atoms with van der Waals surface area (Å²) in [6.07, 6.45) is 2.04. The summed E-state index contributed by atoms with van der Waals surface area (Å²) in [5.41, 5.74) is 11.4. The lowest BCUT2D eigenvalue weighted by atomic mass is 10.0. The van der Waals surface area contributed by atoms with Crippen LogP contribution < -0.4 is 16.8 Å². The van der Waals surface area contributed by atoms with Crippen molar-refractivity contribution in [2.24, 2.45) is 17.4 Å². The molecule has 2 amide bonds. The molecule has 1 aromatic carbocycles. The van der Waals surface area contributed by atoms with Crippen LogP contribution in [0.15, 0.2) is 18.2 Å². The van der Waals surface area contributed by atoms with Crippen LogP contribution in [0, 0.1) is 5.92 Å². The molecule has 0 fully saturated rings. The van der Waals surface area contributed by atoms with Crippen LogP contribution in [0.2, 0.25) is 5.02 Å². The first kappa shape index (κ1) is 16.5. The Morgan fingerprint density at radius 3 is 2.65 bits per heavy atom. The van der Waals surface area contributed by atoms with Gasteiger partial charge >= 0.3 is 0 Å². The number of anilines is 1.